The number of piperidine rings is 1. The highest BCUT2D eigenvalue weighted by Gasteiger charge is 2.33. The van der Waals surface area contributed by atoms with Crippen molar-refractivity contribution in [2.45, 2.75) is 81.6 Å². The van der Waals surface area contributed by atoms with Crippen molar-refractivity contribution < 1.29 is 49.5 Å². The second-order valence-electron chi connectivity index (χ2n) is 10.7. The summed E-state index contributed by atoms with van der Waals surface area (Å²) in [4.78, 5) is 73.8. The maximum atomic E-state index is 13.0. The van der Waals surface area contributed by atoms with Gasteiger partial charge in [0.2, 0.25) is 24.1 Å². The predicted octanol–water partition coefficient (Wildman–Crippen LogP) is -4.51. The molecule has 1 rings (SSSR count). The Balaban J connectivity index is 2.65. The molecular formula is C26H50N10O10. The number of aliphatic hydroxyl groups is 1. The molecule has 12 N–H and O–H groups in total. The Hall–Kier alpha value is -3.50. The zero-order valence-corrected chi connectivity index (χ0v) is 26.3. The lowest BCUT2D eigenvalue weighted by molar-refractivity contribution is -0.173. The zero-order chi connectivity index (χ0) is 34.6. The molecule has 1 aliphatic heterocycles. The molecular weight excluding hydrogens is 612 g/mol. The van der Waals surface area contributed by atoms with Crippen LogP contribution in [-0.2, 0) is 28.8 Å². The minimum Gasteiger partial charge on any atom is -0.394 e. The van der Waals surface area contributed by atoms with Crippen LogP contribution in [0.4, 0.5) is 0 Å². The molecule has 0 saturated carbocycles. The van der Waals surface area contributed by atoms with Crippen LogP contribution in [0.2, 0.25) is 0 Å². The van der Waals surface area contributed by atoms with Crippen molar-refractivity contribution in [3.05, 3.63) is 0 Å². The summed E-state index contributed by atoms with van der Waals surface area (Å²) in [5, 5.41) is 53.0. The molecule has 0 bridgehead atoms. The fourth-order valence-electron chi connectivity index (χ4n) is 4.67. The van der Waals surface area contributed by atoms with Gasteiger partial charge in [-0.05, 0) is 72.0 Å². The quantitative estimate of drug-likeness (QED) is 0.0213. The Morgan fingerprint density at radius 2 is 1.54 bits per heavy atom. The predicted molar refractivity (Wildman–Crippen MR) is 159 cm³/mol. The highest BCUT2D eigenvalue weighted by Crippen LogP contribution is 2.11. The van der Waals surface area contributed by atoms with E-state index in [0.717, 1.165) is 0 Å². The summed E-state index contributed by atoms with van der Waals surface area (Å²) >= 11 is 0. The van der Waals surface area contributed by atoms with Crippen molar-refractivity contribution in [2.24, 2.45) is 5.73 Å². The number of nitrogens with zero attached hydrogens (tertiary/aromatic N) is 3. The number of carbonyl (C=O) groups is 6. The Morgan fingerprint density at radius 3 is 2.11 bits per heavy atom. The second kappa shape index (κ2) is 22.1. The van der Waals surface area contributed by atoms with Gasteiger partial charge in [-0.2, -0.15) is 5.17 Å². The fraction of sp³-hybridized carbons (Fsp3) is 0.769. The number of likely N-dealkylation sites (N-methyl/N-ethyl adjacent to an activating group) is 2. The van der Waals surface area contributed by atoms with Gasteiger partial charge < -0.3 is 37.4 Å². The van der Waals surface area contributed by atoms with Gasteiger partial charge in [0.1, 0.15) is 18.1 Å². The van der Waals surface area contributed by atoms with Crippen LogP contribution >= 0.6 is 0 Å². The van der Waals surface area contributed by atoms with Gasteiger partial charge in [0.05, 0.1) is 18.7 Å². The molecule has 20 nitrogen and oxygen atoms in total. The van der Waals surface area contributed by atoms with E-state index in [-0.39, 0.29) is 63.4 Å². The Labute approximate surface area is 267 Å². The van der Waals surface area contributed by atoms with E-state index in [1.807, 2.05) is 0 Å². The molecule has 0 aromatic carbocycles. The zero-order valence-electron chi connectivity index (χ0n) is 26.3. The molecule has 264 valence electrons. The highest BCUT2D eigenvalue weighted by molar-refractivity contribution is 5.93. The van der Waals surface area contributed by atoms with E-state index in [0.29, 0.717) is 35.8 Å². The first-order valence-corrected chi connectivity index (χ1v) is 15.2. The summed E-state index contributed by atoms with van der Waals surface area (Å²) in [5.41, 5.74) is 7.95. The van der Waals surface area contributed by atoms with Crippen LogP contribution in [0.15, 0.2) is 0 Å². The fourth-order valence-corrected chi connectivity index (χ4v) is 4.67. The van der Waals surface area contributed by atoms with Crippen molar-refractivity contribution in [1.82, 2.24) is 47.3 Å². The van der Waals surface area contributed by atoms with E-state index in [9.17, 15) is 44.3 Å². The maximum Gasteiger partial charge on any atom is 0.270 e. The summed E-state index contributed by atoms with van der Waals surface area (Å²) in [5.74, 6) is -3.37. The molecule has 0 unspecified atom stereocenters. The van der Waals surface area contributed by atoms with Gasteiger partial charge in [-0.3, -0.25) is 44.4 Å². The average molecular weight is 663 g/mol. The van der Waals surface area contributed by atoms with Gasteiger partial charge in [0.15, 0.2) is 0 Å². The van der Waals surface area contributed by atoms with Crippen LogP contribution < -0.4 is 37.7 Å². The number of hydroxylamine groups is 5. The molecule has 1 fully saturated rings. The standard InChI is InChI=1S/C26H50N10O10/c1-28-17(8-4-12-30-36(46)16-38)23(40)33-21(15-37)26(43)35(45)13-5-9-18(29-2)22(39)31-19(7-3-11-27)24(41)32-20-10-6-14-34(44)25(20)42/h16-21,28-30,37,44-46H,3-15,27H2,1-2H3,(H,31,39)(H,32,41)(H,33,40)/t17-,18-,19-,20+,21-/m0/s1. The molecule has 1 saturated heterocycles. The molecule has 1 aliphatic rings. The van der Waals surface area contributed by atoms with Crippen molar-refractivity contribution in [3.8, 4) is 0 Å². The highest BCUT2D eigenvalue weighted by atomic mass is 16.5. The summed E-state index contributed by atoms with van der Waals surface area (Å²) in [7, 11) is 3.03. The van der Waals surface area contributed by atoms with E-state index in [1.54, 1.807) is 0 Å². The summed E-state index contributed by atoms with van der Waals surface area (Å²) in [6, 6.07) is -4.98. The molecule has 46 heavy (non-hydrogen) atoms. The SMILES string of the molecule is CN[C@@H](CCCN(O)C(=O)[C@H](CO)NC(=O)[C@H](CCCNN(O)C=O)NC)C(=O)N[C@@H](CCCN)C(=O)N[C@@H]1CCCN(O)C1=O. The van der Waals surface area contributed by atoms with Gasteiger partial charge in [-0.15, -0.1) is 0 Å². The first kappa shape index (κ1) is 40.5. The number of hydrogen-bond acceptors (Lipinski definition) is 14. The van der Waals surface area contributed by atoms with E-state index in [4.69, 9.17) is 10.9 Å². The van der Waals surface area contributed by atoms with Crippen LogP contribution in [0.25, 0.3) is 0 Å². The van der Waals surface area contributed by atoms with Crippen LogP contribution in [0, 0.1) is 0 Å². The minimum absolute atomic E-state index is 0.116. The first-order valence-electron chi connectivity index (χ1n) is 15.2. The Bertz CT molecular complexity index is 993. The summed E-state index contributed by atoms with van der Waals surface area (Å²) in [6.07, 6.45) is 2.46. The third-order valence-corrected chi connectivity index (χ3v) is 7.35. The molecule has 6 amide bonds. The van der Waals surface area contributed by atoms with Gasteiger partial charge >= 0.3 is 0 Å². The molecule has 0 radical (unpaired) electrons. The number of hydrazine groups is 1. The number of rotatable bonds is 23. The third-order valence-electron chi connectivity index (χ3n) is 7.35. The van der Waals surface area contributed by atoms with Gasteiger partial charge in [-0.25, -0.2) is 15.6 Å². The number of hydrogen-bond donors (Lipinski definition) is 11. The average Bonchev–Trinajstić information content (AvgIpc) is 3.04. The maximum absolute atomic E-state index is 13.0. The molecule has 0 aromatic rings. The molecule has 0 spiro atoms. The van der Waals surface area contributed by atoms with Crippen molar-refractivity contribution >= 4 is 35.9 Å². The van der Waals surface area contributed by atoms with Crippen molar-refractivity contribution in [3.63, 3.8) is 0 Å². The van der Waals surface area contributed by atoms with E-state index in [2.05, 4.69) is 32.0 Å². The number of nitrogens with two attached hydrogens (primary N) is 1. The molecule has 20 heteroatoms. The third kappa shape index (κ3) is 13.9. The number of carbonyl (C=O) groups excluding carboxylic acids is 6. The summed E-state index contributed by atoms with van der Waals surface area (Å²) < 4.78 is 0. The van der Waals surface area contributed by atoms with E-state index in [1.165, 1.54) is 14.1 Å². The van der Waals surface area contributed by atoms with Gasteiger partial charge in [0, 0.05) is 19.6 Å². The second-order valence-corrected chi connectivity index (χ2v) is 10.7. The largest absolute Gasteiger partial charge is 0.394 e. The van der Waals surface area contributed by atoms with Crippen LogP contribution in [0.3, 0.4) is 0 Å². The Morgan fingerprint density at radius 1 is 0.957 bits per heavy atom. The molecule has 0 aromatic heterocycles. The van der Waals surface area contributed by atoms with Crippen LogP contribution in [0.5, 0.6) is 0 Å². The first-order chi connectivity index (χ1) is 21.9. The molecule has 1 heterocycles. The van der Waals surface area contributed by atoms with Gasteiger partial charge in [-0.1, -0.05) is 0 Å². The normalized spacial score (nSPS) is 17.3. The monoisotopic (exact) mass is 662 g/mol. The van der Waals surface area contributed by atoms with Gasteiger partial charge in [0.25, 0.3) is 11.8 Å². The lowest BCUT2D eigenvalue weighted by atomic mass is 10.0. The smallest absolute Gasteiger partial charge is 0.270 e. The minimum atomic E-state index is -1.45. The lowest BCUT2D eigenvalue weighted by Gasteiger charge is -2.29. The van der Waals surface area contributed by atoms with Crippen molar-refractivity contribution in [2.75, 3.05) is 46.9 Å². The molecule has 5 atom stereocenters. The van der Waals surface area contributed by atoms with Crippen molar-refractivity contribution in [1.29, 1.82) is 0 Å². The Kier molecular flexibility index (Phi) is 19.5. The van der Waals surface area contributed by atoms with Crippen LogP contribution in [0.1, 0.15) is 51.4 Å². The topological polar surface area (TPSA) is 291 Å². The van der Waals surface area contributed by atoms with Crippen LogP contribution in [-0.4, -0.2) is 149 Å². The van der Waals surface area contributed by atoms with E-state index >= 15 is 0 Å². The number of aliphatic hydroxyl groups excluding tert-OH is 1. The summed E-state index contributed by atoms with van der Waals surface area (Å²) in [6.45, 7) is -0.442. The number of nitrogens with one attached hydrogen (secondary N) is 6. The molecule has 0 aliphatic carbocycles. The lowest BCUT2D eigenvalue weighted by Crippen LogP contribution is -2.57. The van der Waals surface area contributed by atoms with E-state index < -0.39 is 66.4 Å². The number of amides is 6.